The molecule has 0 bridgehead atoms. The van der Waals surface area contributed by atoms with Gasteiger partial charge in [0.1, 0.15) is 0 Å². The van der Waals surface area contributed by atoms with Crippen molar-refractivity contribution in [2.24, 2.45) is 0 Å². The van der Waals surface area contributed by atoms with Gasteiger partial charge < -0.3 is 4.74 Å². The van der Waals surface area contributed by atoms with E-state index in [1.807, 2.05) is 0 Å². The van der Waals surface area contributed by atoms with Crippen LogP contribution >= 0.6 is 23.1 Å². The molecule has 0 saturated heterocycles. The van der Waals surface area contributed by atoms with Gasteiger partial charge in [-0.3, -0.25) is 0 Å². The van der Waals surface area contributed by atoms with Gasteiger partial charge in [0.05, 0.1) is 0 Å². The van der Waals surface area contributed by atoms with Crippen molar-refractivity contribution in [2.45, 2.75) is 26.2 Å². The van der Waals surface area contributed by atoms with Crippen LogP contribution in [0.1, 0.15) is 26.6 Å². The van der Waals surface area contributed by atoms with Crippen molar-refractivity contribution in [2.75, 3.05) is 0 Å². The van der Waals surface area contributed by atoms with Crippen LogP contribution < -0.4 is 4.74 Å². The number of pyridine rings is 1. The Kier molecular flexibility index (Phi) is 3.31. The molecule has 0 unspecified atom stereocenters. The summed E-state index contributed by atoms with van der Waals surface area (Å²) in [6.45, 7) is 6.15. The van der Waals surface area contributed by atoms with Crippen molar-refractivity contribution in [3.05, 3.63) is 29.3 Å². The second kappa shape index (κ2) is 4.58. The van der Waals surface area contributed by atoms with Crippen LogP contribution in [-0.4, -0.2) is 14.3 Å². The highest BCUT2D eigenvalue weighted by atomic mass is 35.5. The Morgan fingerprint density at radius 1 is 1.35 bits per heavy atom. The van der Waals surface area contributed by atoms with Gasteiger partial charge in [-0.25, -0.2) is 4.98 Å². The summed E-state index contributed by atoms with van der Waals surface area (Å²) in [5.41, 5.74) is -0.0865. The van der Waals surface area contributed by atoms with E-state index in [1.54, 1.807) is 18.3 Å². The third-order valence-electron chi connectivity index (χ3n) is 2.00. The van der Waals surface area contributed by atoms with Crippen LogP contribution in [0.5, 0.6) is 10.9 Å². The van der Waals surface area contributed by atoms with Gasteiger partial charge in [0.15, 0.2) is 16.7 Å². The first kappa shape index (κ1) is 12.3. The van der Waals surface area contributed by atoms with Crippen molar-refractivity contribution in [1.82, 2.24) is 14.3 Å². The summed E-state index contributed by atoms with van der Waals surface area (Å²) >= 11 is 7.10. The van der Waals surface area contributed by atoms with Gasteiger partial charge in [-0.05, 0) is 12.1 Å². The first-order chi connectivity index (χ1) is 7.97. The summed E-state index contributed by atoms with van der Waals surface area (Å²) < 4.78 is 9.79. The van der Waals surface area contributed by atoms with E-state index in [1.165, 1.54) is 11.5 Å². The van der Waals surface area contributed by atoms with Gasteiger partial charge in [0.25, 0.3) is 5.19 Å². The predicted molar refractivity (Wildman–Crippen MR) is 67.9 cm³/mol. The maximum atomic E-state index is 5.89. The van der Waals surface area contributed by atoms with Crippen LogP contribution in [0.25, 0.3) is 0 Å². The zero-order valence-corrected chi connectivity index (χ0v) is 11.3. The largest absolute Gasteiger partial charge is 0.427 e. The molecule has 0 spiro atoms. The number of halogens is 1. The van der Waals surface area contributed by atoms with Crippen molar-refractivity contribution < 1.29 is 4.74 Å². The molecule has 2 aromatic rings. The van der Waals surface area contributed by atoms with Crippen molar-refractivity contribution in [3.63, 3.8) is 0 Å². The average molecular weight is 270 g/mol. The van der Waals surface area contributed by atoms with Gasteiger partial charge in [0.2, 0.25) is 0 Å². The maximum absolute atomic E-state index is 5.89. The van der Waals surface area contributed by atoms with E-state index in [0.29, 0.717) is 16.1 Å². The summed E-state index contributed by atoms with van der Waals surface area (Å²) in [6.07, 6.45) is 1.61. The van der Waals surface area contributed by atoms with Gasteiger partial charge in [-0.15, -0.1) is 0 Å². The first-order valence-corrected chi connectivity index (χ1v) is 6.24. The molecule has 2 rings (SSSR count). The molecule has 0 N–H and O–H groups in total. The molecular weight excluding hydrogens is 258 g/mol. The Labute approximate surface area is 109 Å². The van der Waals surface area contributed by atoms with Crippen LogP contribution in [0.3, 0.4) is 0 Å². The zero-order chi connectivity index (χ0) is 12.5. The van der Waals surface area contributed by atoms with Crippen LogP contribution in [-0.2, 0) is 5.41 Å². The molecular formula is C11H12ClN3OS. The molecule has 6 heteroatoms. The predicted octanol–water partition coefficient (Wildman–Crippen LogP) is 3.68. The Morgan fingerprint density at radius 3 is 2.71 bits per heavy atom. The van der Waals surface area contributed by atoms with Crippen LogP contribution in [0, 0.1) is 0 Å². The fraction of sp³-hybridized carbons (Fsp3) is 0.364. The number of hydrogen-bond donors (Lipinski definition) is 0. The second-order valence-corrected chi connectivity index (χ2v) is 5.60. The van der Waals surface area contributed by atoms with Gasteiger partial charge in [-0.2, -0.15) is 9.36 Å². The third kappa shape index (κ3) is 2.92. The quantitative estimate of drug-likeness (QED) is 0.781. The minimum atomic E-state index is -0.0865. The molecule has 0 fully saturated rings. The molecule has 0 aliphatic carbocycles. The van der Waals surface area contributed by atoms with E-state index < -0.39 is 0 Å². The van der Waals surface area contributed by atoms with E-state index in [-0.39, 0.29) is 5.41 Å². The van der Waals surface area contributed by atoms with Crippen molar-refractivity contribution >= 4 is 23.1 Å². The lowest BCUT2D eigenvalue weighted by atomic mass is 9.96. The van der Waals surface area contributed by atoms with Gasteiger partial charge in [-0.1, -0.05) is 32.4 Å². The minimum Gasteiger partial charge on any atom is -0.427 e. The molecule has 90 valence electrons. The highest BCUT2D eigenvalue weighted by Crippen LogP contribution is 2.30. The van der Waals surface area contributed by atoms with Gasteiger partial charge >= 0.3 is 0 Å². The molecule has 0 atom stereocenters. The van der Waals surface area contributed by atoms with E-state index in [9.17, 15) is 0 Å². The topological polar surface area (TPSA) is 47.9 Å². The Hall–Kier alpha value is -1.20. The fourth-order valence-corrected chi connectivity index (χ4v) is 1.99. The Bertz CT molecular complexity index is 521. The first-order valence-electron chi connectivity index (χ1n) is 5.09. The molecule has 0 aliphatic rings. The van der Waals surface area contributed by atoms with Crippen LogP contribution in [0.2, 0.25) is 5.15 Å². The lowest BCUT2D eigenvalue weighted by Gasteiger charge is -2.11. The molecule has 0 saturated carbocycles. The van der Waals surface area contributed by atoms with E-state index in [0.717, 1.165) is 5.82 Å². The van der Waals surface area contributed by atoms with Crippen LogP contribution in [0.4, 0.5) is 0 Å². The summed E-state index contributed by atoms with van der Waals surface area (Å²) in [5.74, 6) is 1.25. The Balaban J connectivity index is 2.21. The smallest absolute Gasteiger partial charge is 0.298 e. The number of rotatable bonds is 2. The lowest BCUT2D eigenvalue weighted by molar-refractivity contribution is 0.466. The van der Waals surface area contributed by atoms with E-state index >= 15 is 0 Å². The number of aromatic nitrogens is 3. The minimum absolute atomic E-state index is 0.0865. The molecule has 0 amide bonds. The summed E-state index contributed by atoms with van der Waals surface area (Å²) in [5, 5.41) is 0.796. The zero-order valence-electron chi connectivity index (χ0n) is 9.77. The normalized spacial score (nSPS) is 11.5. The lowest BCUT2D eigenvalue weighted by Crippen LogP contribution is -2.12. The summed E-state index contributed by atoms with van der Waals surface area (Å²) in [6, 6.07) is 3.50. The Morgan fingerprint density at radius 2 is 2.12 bits per heavy atom. The molecule has 4 nitrogen and oxygen atoms in total. The molecule has 2 heterocycles. The monoisotopic (exact) mass is 269 g/mol. The van der Waals surface area contributed by atoms with Crippen molar-refractivity contribution in [3.8, 4) is 10.9 Å². The second-order valence-electron chi connectivity index (χ2n) is 4.53. The van der Waals surface area contributed by atoms with E-state index in [2.05, 4.69) is 35.1 Å². The fourth-order valence-electron chi connectivity index (χ4n) is 1.10. The SMILES string of the molecule is CC(C)(C)c1nsc(Oc2cccnc2Cl)n1. The summed E-state index contributed by atoms with van der Waals surface area (Å²) in [7, 11) is 0. The molecule has 17 heavy (non-hydrogen) atoms. The number of ether oxygens (including phenoxy) is 1. The standard InChI is InChI=1S/C11H12ClN3OS/c1-11(2,3)9-14-10(17-15-9)16-7-5-4-6-13-8(7)12/h4-6H,1-3H3. The van der Waals surface area contributed by atoms with Crippen LogP contribution in [0.15, 0.2) is 18.3 Å². The number of nitrogens with zero attached hydrogens (tertiary/aromatic N) is 3. The summed E-state index contributed by atoms with van der Waals surface area (Å²) in [4.78, 5) is 8.24. The molecule has 0 aromatic carbocycles. The highest BCUT2D eigenvalue weighted by molar-refractivity contribution is 7.07. The molecule has 2 aromatic heterocycles. The molecule has 0 radical (unpaired) electrons. The highest BCUT2D eigenvalue weighted by Gasteiger charge is 2.20. The molecule has 0 aliphatic heterocycles. The number of hydrogen-bond acceptors (Lipinski definition) is 5. The van der Waals surface area contributed by atoms with Crippen molar-refractivity contribution in [1.29, 1.82) is 0 Å². The third-order valence-corrected chi connectivity index (χ3v) is 2.88. The maximum Gasteiger partial charge on any atom is 0.298 e. The van der Waals surface area contributed by atoms with Gasteiger partial charge in [0, 0.05) is 23.1 Å². The van der Waals surface area contributed by atoms with E-state index in [4.69, 9.17) is 16.3 Å². The average Bonchev–Trinajstić information content (AvgIpc) is 2.69.